The summed E-state index contributed by atoms with van der Waals surface area (Å²) in [5, 5.41) is 0. The monoisotopic (exact) mass is 285 g/mol. The van der Waals surface area contributed by atoms with Gasteiger partial charge in [0.05, 0.1) is 13.7 Å². The Bertz CT molecular complexity index is 540. The summed E-state index contributed by atoms with van der Waals surface area (Å²) in [7, 11) is 1.68. The number of hydrogen-bond acceptors (Lipinski definition) is 3. The maximum atomic E-state index is 5.76. The Morgan fingerprint density at radius 3 is 2.52 bits per heavy atom. The van der Waals surface area contributed by atoms with E-state index in [1.165, 1.54) is 5.56 Å². The third-order valence-corrected chi connectivity index (χ3v) is 3.44. The molecule has 0 amide bonds. The van der Waals surface area contributed by atoms with Crippen molar-refractivity contribution in [3.63, 3.8) is 0 Å². The van der Waals surface area contributed by atoms with Gasteiger partial charge >= 0.3 is 0 Å². The van der Waals surface area contributed by atoms with Crippen LogP contribution in [-0.2, 0) is 24.3 Å². The Kier molecular flexibility index (Phi) is 6.25. The molecular weight excluding hydrogens is 262 g/mol. The highest BCUT2D eigenvalue weighted by molar-refractivity contribution is 5.36. The van der Waals surface area contributed by atoms with Gasteiger partial charge in [0.2, 0.25) is 0 Å². The molecule has 0 saturated heterocycles. The summed E-state index contributed by atoms with van der Waals surface area (Å²) in [6.07, 6.45) is 2.06. The normalized spacial score (nSPS) is 10.6. The molecule has 2 N–H and O–H groups in total. The van der Waals surface area contributed by atoms with Crippen molar-refractivity contribution in [2.45, 2.75) is 26.0 Å². The molecule has 2 aromatic carbocycles. The molecule has 3 nitrogen and oxygen atoms in total. The van der Waals surface area contributed by atoms with E-state index in [9.17, 15) is 0 Å². The molecule has 112 valence electrons. The lowest BCUT2D eigenvalue weighted by Gasteiger charge is -2.11. The standard InChI is InChI=1S/C18H23NO2/c1-20-18-10-9-16(13-19)12-17(18)14-21-11-5-8-15-6-3-2-4-7-15/h2-4,6-7,9-10,12H,5,8,11,13-14,19H2,1H3. The average Bonchev–Trinajstić information content (AvgIpc) is 2.55. The van der Waals surface area contributed by atoms with Crippen LogP contribution in [-0.4, -0.2) is 13.7 Å². The van der Waals surface area contributed by atoms with E-state index < -0.39 is 0 Å². The zero-order valence-electron chi connectivity index (χ0n) is 12.5. The molecule has 0 radical (unpaired) electrons. The molecule has 2 aromatic rings. The molecular formula is C18H23NO2. The van der Waals surface area contributed by atoms with Gasteiger partial charge in [-0.3, -0.25) is 0 Å². The number of hydrogen-bond donors (Lipinski definition) is 1. The van der Waals surface area contributed by atoms with Crippen LogP contribution >= 0.6 is 0 Å². The molecule has 0 aliphatic rings. The number of nitrogens with two attached hydrogens (primary N) is 1. The van der Waals surface area contributed by atoms with Crippen LogP contribution in [0.5, 0.6) is 5.75 Å². The van der Waals surface area contributed by atoms with Gasteiger partial charge in [-0.25, -0.2) is 0 Å². The predicted molar refractivity (Wildman–Crippen MR) is 85.3 cm³/mol. The molecule has 0 aliphatic heterocycles. The van der Waals surface area contributed by atoms with E-state index in [4.69, 9.17) is 15.2 Å². The second-order valence-electron chi connectivity index (χ2n) is 4.99. The van der Waals surface area contributed by atoms with E-state index in [0.29, 0.717) is 13.2 Å². The molecule has 0 spiro atoms. The van der Waals surface area contributed by atoms with Gasteiger partial charge < -0.3 is 15.2 Å². The van der Waals surface area contributed by atoms with Gasteiger partial charge in [-0.15, -0.1) is 0 Å². The van der Waals surface area contributed by atoms with Crippen LogP contribution in [0.25, 0.3) is 0 Å². The topological polar surface area (TPSA) is 44.5 Å². The van der Waals surface area contributed by atoms with Crippen LogP contribution in [0.15, 0.2) is 48.5 Å². The molecule has 0 aliphatic carbocycles. The summed E-state index contributed by atoms with van der Waals surface area (Å²) >= 11 is 0. The van der Waals surface area contributed by atoms with Crippen molar-refractivity contribution in [1.29, 1.82) is 0 Å². The third-order valence-electron chi connectivity index (χ3n) is 3.44. The van der Waals surface area contributed by atoms with Crippen molar-refractivity contribution in [2.75, 3.05) is 13.7 Å². The van der Waals surface area contributed by atoms with E-state index >= 15 is 0 Å². The summed E-state index contributed by atoms with van der Waals surface area (Å²) in [6.45, 7) is 1.84. The number of aryl methyl sites for hydroxylation is 1. The highest BCUT2D eigenvalue weighted by Crippen LogP contribution is 2.20. The first-order chi connectivity index (χ1) is 10.3. The fraction of sp³-hybridized carbons (Fsp3) is 0.333. The lowest BCUT2D eigenvalue weighted by Crippen LogP contribution is -2.02. The molecule has 0 heterocycles. The van der Waals surface area contributed by atoms with Crippen LogP contribution in [0, 0.1) is 0 Å². The highest BCUT2D eigenvalue weighted by Gasteiger charge is 2.04. The molecule has 0 bridgehead atoms. The first-order valence-corrected chi connectivity index (χ1v) is 7.31. The summed E-state index contributed by atoms with van der Waals surface area (Å²) < 4.78 is 11.1. The lowest BCUT2D eigenvalue weighted by atomic mass is 10.1. The highest BCUT2D eigenvalue weighted by atomic mass is 16.5. The van der Waals surface area contributed by atoms with Gasteiger partial charge in [0.15, 0.2) is 0 Å². The summed E-state index contributed by atoms with van der Waals surface area (Å²) in [5.74, 6) is 0.857. The first-order valence-electron chi connectivity index (χ1n) is 7.31. The van der Waals surface area contributed by atoms with Crippen LogP contribution in [0.1, 0.15) is 23.1 Å². The molecule has 21 heavy (non-hydrogen) atoms. The fourth-order valence-corrected chi connectivity index (χ4v) is 2.28. The maximum absolute atomic E-state index is 5.76. The van der Waals surface area contributed by atoms with Crippen molar-refractivity contribution in [3.05, 3.63) is 65.2 Å². The van der Waals surface area contributed by atoms with E-state index in [0.717, 1.165) is 36.3 Å². The number of benzene rings is 2. The van der Waals surface area contributed by atoms with Gasteiger partial charge in [0, 0.05) is 18.7 Å². The van der Waals surface area contributed by atoms with Crippen molar-refractivity contribution in [3.8, 4) is 5.75 Å². The fourth-order valence-electron chi connectivity index (χ4n) is 2.28. The van der Waals surface area contributed by atoms with Gasteiger partial charge in [-0.1, -0.05) is 36.4 Å². The lowest BCUT2D eigenvalue weighted by molar-refractivity contribution is 0.117. The minimum Gasteiger partial charge on any atom is -0.496 e. The van der Waals surface area contributed by atoms with E-state index in [1.807, 2.05) is 18.2 Å². The second-order valence-corrected chi connectivity index (χ2v) is 4.99. The number of rotatable bonds is 8. The van der Waals surface area contributed by atoms with Crippen LogP contribution in [0.2, 0.25) is 0 Å². The minimum absolute atomic E-state index is 0.533. The molecule has 0 aromatic heterocycles. The van der Waals surface area contributed by atoms with Crippen molar-refractivity contribution < 1.29 is 9.47 Å². The van der Waals surface area contributed by atoms with Gasteiger partial charge in [-0.05, 0) is 36.1 Å². The first kappa shape index (κ1) is 15.5. The SMILES string of the molecule is COc1ccc(CN)cc1COCCCc1ccccc1. The maximum Gasteiger partial charge on any atom is 0.124 e. The van der Waals surface area contributed by atoms with E-state index in [-0.39, 0.29) is 0 Å². The number of methoxy groups -OCH3 is 1. The minimum atomic E-state index is 0.533. The molecule has 0 unspecified atom stereocenters. The molecule has 3 heteroatoms. The van der Waals surface area contributed by atoms with Crippen molar-refractivity contribution in [1.82, 2.24) is 0 Å². The zero-order valence-corrected chi connectivity index (χ0v) is 12.5. The van der Waals surface area contributed by atoms with Gasteiger partial charge in [0.25, 0.3) is 0 Å². The third kappa shape index (κ3) is 4.88. The summed E-state index contributed by atoms with van der Waals surface area (Å²) in [6, 6.07) is 16.5. The second kappa shape index (κ2) is 8.45. The largest absolute Gasteiger partial charge is 0.496 e. The Hall–Kier alpha value is -1.84. The van der Waals surface area contributed by atoms with Crippen LogP contribution in [0.3, 0.4) is 0 Å². The zero-order chi connectivity index (χ0) is 14.9. The van der Waals surface area contributed by atoms with E-state index in [2.05, 4.69) is 30.3 Å². The molecule has 0 fully saturated rings. The number of ether oxygens (including phenoxy) is 2. The summed E-state index contributed by atoms with van der Waals surface area (Å²) in [4.78, 5) is 0. The Labute approximate surface area is 126 Å². The average molecular weight is 285 g/mol. The molecule has 0 atom stereocenters. The summed E-state index contributed by atoms with van der Waals surface area (Å²) in [5.41, 5.74) is 9.17. The van der Waals surface area contributed by atoms with E-state index in [1.54, 1.807) is 7.11 Å². The molecule has 2 rings (SSSR count). The van der Waals surface area contributed by atoms with Gasteiger partial charge in [0.1, 0.15) is 5.75 Å². The quantitative estimate of drug-likeness (QED) is 0.757. The molecule has 0 saturated carbocycles. The Morgan fingerprint density at radius 1 is 1.00 bits per heavy atom. The van der Waals surface area contributed by atoms with Crippen molar-refractivity contribution in [2.24, 2.45) is 5.73 Å². The van der Waals surface area contributed by atoms with Crippen LogP contribution in [0.4, 0.5) is 0 Å². The van der Waals surface area contributed by atoms with Crippen molar-refractivity contribution >= 4 is 0 Å². The Balaban J connectivity index is 1.78. The smallest absolute Gasteiger partial charge is 0.124 e. The Morgan fingerprint density at radius 2 is 1.81 bits per heavy atom. The van der Waals surface area contributed by atoms with Crippen LogP contribution < -0.4 is 10.5 Å². The predicted octanol–water partition coefficient (Wildman–Crippen LogP) is 3.30. The van der Waals surface area contributed by atoms with Gasteiger partial charge in [-0.2, -0.15) is 0 Å².